The predicted molar refractivity (Wildman–Crippen MR) is 102 cm³/mol. The van der Waals surface area contributed by atoms with E-state index in [2.05, 4.69) is 37.5 Å². The molecule has 0 amide bonds. The highest BCUT2D eigenvalue weighted by atomic mass is 15.3. The topological polar surface area (TPSA) is 6.48 Å². The fraction of sp³-hybridized carbons (Fsp3) is 1.00. The Bertz CT molecular complexity index is 187. The Morgan fingerprint density at radius 3 is 1.18 bits per heavy atom. The molecule has 0 aliphatic rings. The first-order valence-electron chi connectivity index (χ1n) is 9.93. The first-order chi connectivity index (χ1) is 10.7. The smallest absolute Gasteiger partial charge is 0.0654 e. The summed E-state index contributed by atoms with van der Waals surface area (Å²) in [7, 11) is 5.97. The molecule has 0 saturated heterocycles. The van der Waals surface area contributed by atoms with Gasteiger partial charge in [-0.1, -0.05) is 59.7 Å². The van der Waals surface area contributed by atoms with Gasteiger partial charge in [-0.05, 0) is 58.3 Å². The van der Waals surface area contributed by atoms with Gasteiger partial charge in [-0.15, -0.1) is 0 Å². The highest BCUT2D eigenvalue weighted by Crippen LogP contribution is 2.17. The summed E-state index contributed by atoms with van der Waals surface area (Å²) in [5.41, 5.74) is 0. The molecule has 0 aromatic rings. The second-order valence-corrected chi connectivity index (χ2v) is 6.54. The summed E-state index contributed by atoms with van der Waals surface area (Å²) in [6, 6.07) is 0. The molecule has 0 fully saturated rings. The zero-order chi connectivity index (χ0) is 16.6. The highest BCUT2D eigenvalue weighted by molar-refractivity contribution is 6.08. The van der Waals surface area contributed by atoms with Gasteiger partial charge >= 0.3 is 0 Å². The predicted octanol–water partition coefficient (Wildman–Crippen LogP) is 5.09. The van der Waals surface area contributed by atoms with Gasteiger partial charge in [-0.3, -0.25) is 9.80 Å². The lowest BCUT2D eigenvalue weighted by molar-refractivity contribution is 0.0345. The van der Waals surface area contributed by atoms with Gasteiger partial charge in [0, 0.05) is 0 Å². The van der Waals surface area contributed by atoms with E-state index in [4.69, 9.17) is 7.85 Å². The van der Waals surface area contributed by atoms with Crippen LogP contribution in [-0.2, 0) is 0 Å². The standard InChI is InChI=1S/C19H41BN2/c1-5-9-15-21(16-10-6-2)19(13-14-20)22(17-11-7-3)18-12-8-4/h19H,5-18H2,1-4H3. The molecule has 0 N–H and O–H groups in total. The average Bonchev–Trinajstić information content (AvgIpc) is 2.54. The molecule has 2 radical (unpaired) electrons. The van der Waals surface area contributed by atoms with Gasteiger partial charge in [-0.2, -0.15) is 0 Å². The largest absolute Gasteiger partial charge is 0.288 e. The van der Waals surface area contributed by atoms with Crippen molar-refractivity contribution in [2.24, 2.45) is 0 Å². The normalized spacial score (nSPS) is 12.0. The van der Waals surface area contributed by atoms with Crippen LogP contribution in [0.1, 0.15) is 85.5 Å². The molecule has 0 bridgehead atoms. The number of nitrogens with zero attached hydrogens (tertiary/aromatic N) is 2. The van der Waals surface area contributed by atoms with Crippen molar-refractivity contribution in [1.82, 2.24) is 9.80 Å². The molecule has 130 valence electrons. The average molecular weight is 308 g/mol. The molecule has 3 heteroatoms. The zero-order valence-electron chi connectivity index (χ0n) is 15.9. The monoisotopic (exact) mass is 308 g/mol. The summed E-state index contributed by atoms with van der Waals surface area (Å²) >= 11 is 0. The van der Waals surface area contributed by atoms with E-state index >= 15 is 0 Å². The van der Waals surface area contributed by atoms with E-state index in [1.54, 1.807) is 0 Å². The maximum atomic E-state index is 5.97. The molecular weight excluding hydrogens is 267 g/mol. The number of hydrogen-bond acceptors (Lipinski definition) is 2. The third-order valence-electron chi connectivity index (χ3n) is 4.46. The minimum absolute atomic E-state index is 0.557. The van der Waals surface area contributed by atoms with Crippen LogP contribution in [0.5, 0.6) is 0 Å². The summed E-state index contributed by atoms with van der Waals surface area (Å²) in [5.74, 6) is 0. The molecule has 0 rings (SSSR count). The van der Waals surface area contributed by atoms with Crippen molar-refractivity contribution in [3.8, 4) is 0 Å². The Kier molecular flexibility index (Phi) is 15.9. The third-order valence-corrected chi connectivity index (χ3v) is 4.46. The van der Waals surface area contributed by atoms with E-state index in [0.717, 1.165) is 12.7 Å². The lowest BCUT2D eigenvalue weighted by Crippen LogP contribution is -2.50. The van der Waals surface area contributed by atoms with Crippen molar-refractivity contribution in [1.29, 1.82) is 0 Å². The van der Waals surface area contributed by atoms with E-state index < -0.39 is 0 Å². The summed E-state index contributed by atoms with van der Waals surface area (Å²) in [4.78, 5) is 5.45. The molecule has 0 aromatic heterocycles. The van der Waals surface area contributed by atoms with Gasteiger partial charge in [0.15, 0.2) is 0 Å². The molecule has 0 atom stereocenters. The fourth-order valence-corrected chi connectivity index (χ4v) is 3.01. The summed E-state index contributed by atoms with van der Waals surface area (Å²) < 4.78 is 0. The van der Waals surface area contributed by atoms with Crippen molar-refractivity contribution in [2.75, 3.05) is 26.2 Å². The van der Waals surface area contributed by atoms with Gasteiger partial charge in [0.05, 0.1) is 14.0 Å². The van der Waals surface area contributed by atoms with Crippen LogP contribution in [0.25, 0.3) is 0 Å². The molecule has 0 aliphatic carbocycles. The van der Waals surface area contributed by atoms with E-state index in [0.29, 0.717) is 6.17 Å². The van der Waals surface area contributed by atoms with Gasteiger partial charge in [0.2, 0.25) is 0 Å². The molecule has 0 aliphatic heterocycles. The van der Waals surface area contributed by atoms with Crippen LogP contribution in [0.15, 0.2) is 0 Å². The quantitative estimate of drug-likeness (QED) is 0.289. The number of rotatable bonds is 16. The minimum Gasteiger partial charge on any atom is -0.288 e. The summed E-state index contributed by atoms with van der Waals surface area (Å²) in [6.45, 7) is 14.1. The maximum Gasteiger partial charge on any atom is 0.0654 e. The van der Waals surface area contributed by atoms with Crippen molar-refractivity contribution < 1.29 is 0 Å². The van der Waals surface area contributed by atoms with Crippen LogP contribution in [0.3, 0.4) is 0 Å². The first kappa shape index (κ1) is 22.0. The van der Waals surface area contributed by atoms with E-state index in [-0.39, 0.29) is 0 Å². The molecule has 22 heavy (non-hydrogen) atoms. The van der Waals surface area contributed by atoms with E-state index in [9.17, 15) is 0 Å². The van der Waals surface area contributed by atoms with E-state index in [1.165, 1.54) is 77.5 Å². The van der Waals surface area contributed by atoms with Crippen molar-refractivity contribution in [2.45, 2.75) is 98.0 Å². The molecule has 2 nitrogen and oxygen atoms in total. The van der Waals surface area contributed by atoms with Gasteiger partial charge in [0.1, 0.15) is 0 Å². The lowest BCUT2D eigenvalue weighted by atomic mass is 9.98. The van der Waals surface area contributed by atoms with Crippen LogP contribution in [0.2, 0.25) is 6.32 Å². The molecule has 0 unspecified atom stereocenters. The van der Waals surface area contributed by atoms with Gasteiger partial charge < -0.3 is 0 Å². The van der Waals surface area contributed by atoms with Crippen molar-refractivity contribution >= 4 is 7.85 Å². The Balaban J connectivity index is 4.88. The van der Waals surface area contributed by atoms with E-state index in [1.807, 2.05) is 0 Å². The van der Waals surface area contributed by atoms with Crippen molar-refractivity contribution in [3.63, 3.8) is 0 Å². The molecule has 0 saturated carbocycles. The van der Waals surface area contributed by atoms with Crippen molar-refractivity contribution in [3.05, 3.63) is 0 Å². The SMILES string of the molecule is [B]CCC(N(CCCC)CCCC)N(CCCC)CCCC. The number of unbranched alkanes of at least 4 members (excludes halogenated alkanes) is 4. The minimum atomic E-state index is 0.557. The molecular formula is C19H41BN2. The van der Waals surface area contributed by atoms with Crippen LogP contribution >= 0.6 is 0 Å². The Hall–Kier alpha value is -0.0151. The molecule has 0 aromatic carbocycles. The van der Waals surface area contributed by atoms with Crippen LogP contribution in [-0.4, -0.2) is 50.0 Å². The van der Waals surface area contributed by atoms with Gasteiger partial charge in [0.25, 0.3) is 0 Å². The van der Waals surface area contributed by atoms with Crippen LogP contribution < -0.4 is 0 Å². The Morgan fingerprint density at radius 1 is 0.636 bits per heavy atom. The second kappa shape index (κ2) is 15.9. The van der Waals surface area contributed by atoms with Crippen LogP contribution in [0, 0.1) is 0 Å². The molecule has 0 heterocycles. The second-order valence-electron chi connectivity index (χ2n) is 6.54. The highest BCUT2D eigenvalue weighted by Gasteiger charge is 2.23. The Labute approximate surface area is 142 Å². The maximum absolute atomic E-state index is 5.97. The fourth-order valence-electron chi connectivity index (χ4n) is 3.01. The lowest BCUT2D eigenvalue weighted by Gasteiger charge is -2.40. The zero-order valence-corrected chi connectivity index (χ0v) is 15.9. The third kappa shape index (κ3) is 9.89. The first-order valence-corrected chi connectivity index (χ1v) is 9.93. The Morgan fingerprint density at radius 2 is 0.955 bits per heavy atom. The summed E-state index contributed by atoms with van der Waals surface area (Å²) in [5, 5.41) is 0. The van der Waals surface area contributed by atoms with Gasteiger partial charge in [-0.25, -0.2) is 0 Å². The molecule has 0 spiro atoms. The number of hydrogen-bond donors (Lipinski definition) is 0. The van der Waals surface area contributed by atoms with Crippen LogP contribution in [0.4, 0.5) is 0 Å². The summed E-state index contributed by atoms with van der Waals surface area (Å²) in [6.07, 6.45) is 12.8.